The summed E-state index contributed by atoms with van der Waals surface area (Å²) in [5.41, 5.74) is 8.00. The molecule has 0 spiro atoms. The number of nitrogen functional groups attached to an aromatic ring is 1. The summed E-state index contributed by atoms with van der Waals surface area (Å²) in [7, 11) is 0. The molecule has 1 saturated heterocycles. The molecule has 1 atom stereocenters. The van der Waals surface area contributed by atoms with E-state index in [2.05, 4.69) is 5.32 Å². The molecule has 1 amide bonds. The molecular weight excluding hydrogens is 240 g/mol. The van der Waals surface area contributed by atoms with Gasteiger partial charge in [0, 0.05) is 18.8 Å². The molecule has 1 aliphatic rings. The van der Waals surface area contributed by atoms with Gasteiger partial charge in [0.25, 0.3) is 5.91 Å². The van der Waals surface area contributed by atoms with E-state index in [9.17, 15) is 4.79 Å². The van der Waals surface area contributed by atoms with Gasteiger partial charge in [-0.25, -0.2) is 0 Å². The van der Waals surface area contributed by atoms with Crippen molar-refractivity contribution in [2.45, 2.75) is 38.7 Å². The van der Waals surface area contributed by atoms with Crippen molar-refractivity contribution in [2.75, 3.05) is 18.9 Å². The Morgan fingerprint density at radius 1 is 1.47 bits per heavy atom. The number of rotatable bonds is 4. The summed E-state index contributed by atoms with van der Waals surface area (Å²) in [6.45, 7) is 3.44. The number of nitrogens with two attached hydrogens (primary N) is 1. The van der Waals surface area contributed by atoms with E-state index in [-0.39, 0.29) is 5.91 Å². The zero-order chi connectivity index (χ0) is 13.7. The van der Waals surface area contributed by atoms with Gasteiger partial charge < -0.3 is 15.8 Å². The third-order valence-electron chi connectivity index (χ3n) is 3.48. The zero-order valence-electron chi connectivity index (χ0n) is 11.4. The molecule has 104 valence electrons. The molecule has 2 rings (SSSR count). The summed E-state index contributed by atoms with van der Waals surface area (Å²) < 4.78 is 5.63. The second kappa shape index (κ2) is 6.57. The third kappa shape index (κ3) is 3.96. The van der Waals surface area contributed by atoms with Crippen molar-refractivity contribution in [1.82, 2.24) is 5.32 Å². The quantitative estimate of drug-likeness (QED) is 0.818. The molecule has 0 bridgehead atoms. The van der Waals surface area contributed by atoms with Gasteiger partial charge in [-0.3, -0.25) is 4.79 Å². The molecule has 1 fully saturated rings. The first-order chi connectivity index (χ1) is 9.16. The number of anilines is 1. The van der Waals surface area contributed by atoms with Crippen molar-refractivity contribution in [2.24, 2.45) is 0 Å². The lowest BCUT2D eigenvalue weighted by molar-refractivity contribution is 0.0117. The molecular formula is C15H22N2O2. The number of hydrogen-bond donors (Lipinski definition) is 2. The highest BCUT2D eigenvalue weighted by atomic mass is 16.5. The lowest BCUT2D eigenvalue weighted by Gasteiger charge is -2.22. The molecule has 1 aromatic carbocycles. The maximum Gasteiger partial charge on any atom is 0.253 e. The van der Waals surface area contributed by atoms with Gasteiger partial charge in [0.1, 0.15) is 0 Å². The van der Waals surface area contributed by atoms with Gasteiger partial charge in [0.05, 0.1) is 11.7 Å². The Morgan fingerprint density at radius 3 is 3.00 bits per heavy atom. The van der Waals surface area contributed by atoms with E-state index in [4.69, 9.17) is 10.5 Å². The number of carbonyl (C=O) groups excluding carboxylic acids is 1. The normalized spacial score (nSPS) is 19.1. The number of aryl methyl sites for hydroxylation is 1. The molecule has 4 heteroatoms. The molecule has 1 aliphatic heterocycles. The number of nitrogens with one attached hydrogen (secondary N) is 1. The van der Waals surface area contributed by atoms with Crippen LogP contribution in [0.25, 0.3) is 0 Å². The van der Waals surface area contributed by atoms with E-state index in [1.165, 1.54) is 6.42 Å². The van der Waals surface area contributed by atoms with Crippen LogP contribution in [0.1, 0.15) is 41.6 Å². The van der Waals surface area contributed by atoms with Crippen LogP contribution in [0.3, 0.4) is 0 Å². The van der Waals surface area contributed by atoms with Gasteiger partial charge in [-0.2, -0.15) is 0 Å². The summed E-state index contributed by atoms with van der Waals surface area (Å²) in [5, 5.41) is 2.91. The van der Waals surface area contributed by atoms with Gasteiger partial charge >= 0.3 is 0 Å². The van der Waals surface area contributed by atoms with E-state index < -0.39 is 0 Å². The predicted octanol–water partition coefficient (Wildman–Crippen LogP) is 2.27. The van der Waals surface area contributed by atoms with E-state index in [0.29, 0.717) is 23.9 Å². The Bertz CT molecular complexity index is 440. The molecule has 19 heavy (non-hydrogen) atoms. The van der Waals surface area contributed by atoms with Crippen molar-refractivity contribution in [3.63, 3.8) is 0 Å². The molecule has 0 aromatic heterocycles. The Morgan fingerprint density at radius 2 is 2.32 bits per heavy atom. The average Bonchev–Trinajstić information content (AvgIpc) is 2.39. The second-order valence-corrected chi connectivity index (χ2v) is 5.12. The maximum absolute atomic E-state index is 12.0. The largest absolute Gasteiger partial charge is 0.398 e. The van der Waals surface area contributed by atoms with Gasteiger partial charge in [0.2, 0.25) is 0 Å². The van der Waals surface area contributed by atoms with E-state index >= 15 is 0 Å². The maximum atomic E-state index is 12.0. The summed E-state index contributed by atoms with van der Waals surface area (Å²) >= 11 is 0. The van der Waals surface area contributed by atoms with Crippen LogP contribution in [0, 0.1) is 6.92 Å². The monoisotopic (exact) mass is 262 g/mol. The van der Waals surface area contributed by atoms with Crippen LogP contribution in [0.4, 0.5) is 5.69 Å². The highest BCUT2D eigenvalue weighted by molar-refractivity contribution is 5.99. The number of amides is 1. The van der Waals surface area contributed by atoms with Crippen LogP contribution >= 0.6 is 0 Å². The highest BCUT2D eigenvalue weighted by Gasteiger charge is 2.14. The minimum absolute atomic E-state index is 0.103. The molecule has 0 saturated carbocycles. The first-order valence-corrected chi connectivity index (χ1v) is 6.93. The summed E-state index contributed by atoms with van der Waals surface area (Å²) in [4.78, 5) is 12.0. The van der Waals surface area contributed by atoms with Gasteiger partial charge in [-0.1, -0.05) is 6.07 Å². The number of benzene rings is 1. The first kappa shape index (κ1) is 13.9. The third-order valence-corrected chi connectivity index (χ3v) is 3.48. The standard InChI is InChI=1S/C15H22N2O2/c1-11-5-6-13(14(16)10-11)15(18)17-8-7-12-4-2-3-9-19-12/h5-6,10,12H,2-4,7-9,16H2,1H3,(H,17,18). The van der Waals surface area contributed by atoms with Gasteiger partial charge in [-0.05, 0) is 50.3 Å². The highest BCUT2D eigenvalue weighted by Crippen LogP contribution is 2.16. The van der Waals surface area contributed by atoms with Gasteiger partial charge in [-0.15, -0.1) is 0 Å². The fourth-order valence-corrected chi connectivity index (χ4v) is 2.37. The summed E-state index contributed by atoms with van der Waals surface area (Å²) in [6, 6.07) is 5.49. The average molecular weight is 262 g/mol. The van der Waals surface area contributed by atoms with Crippen LogP contribution in [-0.2, 0) is 4.74 Å². The van der Waals surface area contributed by atoms with Crippen LogP contribution < -0.4 is 11.1 Å². The Balaban J connectivity index is 1.80. The van der Waals surface area contributed by atoms with Crippen LogP contribution in [0.2, 0.25) is 0 Å². The van der Waals surface area contributed by atoms with Crippen LogP contribution in [0.15, 0.2) is 18.2 Å². The van der Waals surface area contributed by atoms with Crippen LogP contribution in [-0.4, -0.2) is 25.2 Å². The first-order valence-electron chi connectivity index (χ1n) is 6.93. The molecule has 1 unspecified atom stereocenters. The Hall–Kier alpha value is -1.55. The van der Waals surface area contributed by atoms with E-state index in [1.807, 2.05) is 19.1 Å². The SMILES string of the molecule is Cc1ccc(C(=O)NCCC2CCCCO2)c(N)c1. The number of carbonyl (C=O) groups is 1. The lowest BCUT2D eigenvalue weighted by Crippen LogP contribution is -2.29. The summed E-state index contributed by atoms with van der Waals surface area (Å²) in [6.07, 6.45) is 4.65. The molecule has 4 nitrogen and oxygen atoms in total. The Kier molecular flexibility index (Phi) is 4.80. The molecule has 0 radical (unpaired) electrons. The Labute approximate surface area is 114 Å². The van der Waals surface area contributed by atoms with Crippen LogP contribution in [0.5, 0.6) is 0 Å². The van der Waals surface area contributed by atoms with Crippen molar-refractivity contribution < 1.29 is 9.53 Å². The molecule has 0 aliphatic carbocycles. The van der Waals surface area contributed by atoms with Gasteiger partial charge in [0.15, 0.2) is 0 Å². The zero-order valence-corrected chi connectivity index (χ0v) is 11.4. The molecule has 3 N–H and O–H groups in total. The minimum Gasteiger partial charge on any atom is -0.398 e. The summed E-state index contributed by atoms with van der Waals surface area (Å²) in [5.74, 6) is -0.103. The van der Waals surface area contributed by atoms with Crippen molar-refractivity contribution in [3.8, 4) is 0 Å². The molecule has 1 heterocycles. The van der Waals surface area contributed by atoms with Crippen molar-refractivity contribution in [1.29, 1.82) is 0 Å². The predicted molar refractivity (Wildman–Crippen MR) is 76.1 cm³/mol. The van der Waals surface area contributed by atoms with E-state index in [0.717, 1.165) is 31.4 Å². The van der Waals surface area contributed by atoms with E-state index in [1.54, 1.807) is 6.07 Å². The lowest BCUT2D eigenvalue weighted by atomic mass is 10.1. The second-order valence-electron chi connectivity index (χ2n) is 5.12. The number of ether oxygens (including phenoxy) is 1. The molecule has 1 aromatic rings. The van der Waals surface area contributed by atoms with Crippen molar-refractivity contribution >= 4 is 11.6 Å². The topological polar surface area (TPSA) is 64.3 Å². The fourth-order valence-electron chi connectivity index (χ4n) is 2.37. The smallest absolute Gasteiger partial charge is 0.253 e. The van der Waals surface area contributed by atoms with Crippen molar-refractivity contribution in [3.05, 3.63) is 29.3 Å². The fraction of sp³-hybridized carbons (Fsp3) is 0.533. The minimum atomic E-state index is -0.103. The number of hydrogen-bond acceptors (Lipinski definition) is 3.